The molecular formula is C21H23NO3. The smallest absolute Gasteiger partial charge is 0.287 e. The highest BCUT2D eigenvalue weighted by Crippen LogP contribution is 2.25. The number of amides is 1. The lowest BCUT2D eigenvalue weighted by molar-refractivity contribution is 0.0890. The largest absolute Gasteiger partial charge is 0.451 e. The third kappa shape index (κ3) is 3.59. The normalized spacial score (nSPS) is 12.5. The highest BCUT2D eigenvalue weighted by atomic mass is 16.3. The van der Waals surface area contributed by atoms with Crippen molar-refractivity contribution in [2.45, 2.75) is 32.8 Å². The van der Waals surface area contributed by atoms with Crippen molar-refractivity contribution in [3.8, 4) is 0 Å². The third-order valence-electron chi connectivity index (χ3n) is 4.49. The number of nitrogens with one attached hydrogen (secondary N) is 1. The topological polar surface area (TPSA) is 62.5 Å². The fourth-order valence-corrected chi connectivity index (χ4v) is 2.88. The molecule has 0 fully saturated rings. The van der Waals surface area contributed by atoms with Gasteiger partial charge in [-0.1, -0.05) is 56.3 Å². The number of aryl methyl sites for hydroxylation is 1. The summed E-state index contributed by atoms with van der Waals surface area (Å²) in [4.78, 5) is 12.4. The molecule has 0 bridgehead atoms. The summed E-state index contributed by atoms with van der Waals surface area (Å²) in [7, 11) is 0. The Morgan fingerprint density at radius 2 is 1.72 bits per heavy atom. The summed E-state index contributed by atoms with van der Waals surface area (Å²) in [6.45, 7) is 6.25. The molecular weight excluding hydrogens is 314 g/mol. The minimum atomic E-state index is -0.755. The van der Waals surface area contributed by atoms with Crippen LogP contribution in [0.2, 0.25) is 0 Å². The molecule has 1 amide bonds. The molecule has 25 heavy (non-hydrogen) atoms. The quantitative estimate of drug-likeness (QED) is 0.728. The molecule has 0 radical (unpaired) electrons. The van der Waals surface area contributed by atoms with E-state index in [1.54, 1.807) is 0 Å². The number of rotatable bonds is 5. The van der Waals surface area contributed by atoms with Crippen molar-refractivity contribution in [1.29, 1.82) is 0 Å². The zero-order chi connectivity index (χ0) is 18.0. The first-order valence-electron chi connectivity index (χ1n) is 8.51. The van der Waals surface area contributed by atoms with Crippen LogP contribution in [0.4, 0.5) is 0 Å². The van der Waals surface area contributed by atoms with Crippen molar-refractivity contribution in [2.75, 3.05) is 6.54 Å². The molecule has 3 aromatic rings. The molecule has 0 saturated carbocycles. The summed E-state index contributed by atoms with van der Waals surface area (Å²) in [5.41, 5.74) is 3.50. The molecule has 4 heteroatoms. The van der Waals surface area contributed by atoms with Gasteiger partial charge in [0.05, 0.1) is 6.10 Å². The molecule has 0 saturated heterocycles. The molecule has 2 aromatic carbocycles. The lowest BCUT2D eigenvalue weighted by atomic mass is 10.00. The summed E-state index contributed by atoms with van der Waals surface area (Å²) in [6, 6.07) is 15.4. The first-order chi connectivity index (χ1) is 12.0. The lowest BCUT2D eigenvalue weighted by Gasteiger charge is -2.13. The van der Waals surface area contributed by atoms with Crippen molar-refractivity contribution in [3.05, 3.63) is 71.0 Å². The fraction of sp³-hybridized carbons (Fsp3) is 0.286. The van der Waals surface area contributed by atoms with Crippen molar-refractivity contribution in [2.24, 2.45) is 0 Å². The van der Waals surface area contributed by atoms with Gasteiger partial charge in [-0.05, 0) is 30.0 Å². The highest BCUT2D eigenvalue weighted by Gasteiger charge is 2.18. The first-order valence-corrected chi connectivity index (χ1v) is 8.51. The van der Waals surface area contributed by atoms with Crippen LogP contribution in [-0.2, 0) is 0 Å². The van der Waals surface area contributed by atoms with Crippen molar-refractivity contribution in [3.63, 3.8) is 0 Å². The standard InChI is InChI=1S/C21H23NO3/c1-13(2)15-8-10-16(11-9-15)18(23)12-22-21(24)20-14(3)17-6-4-5-7-19(17)25-20/h4-11,13,18,23H,12H2,1-3H3,(H,22,24). The summed E-state index contributed by atoms with van der Waals surface area (Å²) in [5, 5.41) is 14.0. The number of aliphatic hydroxyl groups is 1. The monoisotopic (exact) mass is 337 g/mol. The maximum absolute atomic E-state index is 12.4. The van der Waals surface area contributed by atoms with Crippen LogP contribution in [-0.4, -0.2) is 17.6 Å². The molecule has 1 aromatic heterocycles. The average molecular weight is 337 g/mol. The molecule has 130 valence electrons. The van der Waals surface area contributed by atoms with Crippen molar-refractivity contribution in [1.82, 2.24) is 5.32 Å². The maximum atomic E-state index is 12.4. The second kappa shape index (κ2) is 7.11. The van der Waals surface area contributed by atoms with E-state index in [9.17, 15) is 9.90 Å². The van der Waals surface area contributed by atoms with Crippen LogP contribution >= 0.6 is 0 Å². The van der Waals surface area contributed by atoms with E-state index in [-0.39, 0.29) is 12.5 Å². The van der Waals surface area contributed by atoms with Gasteiger partial charge in [0.1, 0.15) is 5.58 Å². The second-order valence-corrected chi connectivity index (χ2v) is 6.60. The maximum Gasteiger partial charge on any atom is 0.287 e. The summed E-state index contributed by atoms with van der Waals surface area (Å²) >= 11 is 0. The van der Waals surface area contributed by atoms with Gasteiger partial charge in [-0.25, -0.2) is 0 Å². The van der Waals surface area contributed by atoms with Gasteiger partial charge in [-0.3, -0.25) is 4.79 Å². The molecule has 0 aliphatic heterocycles. The SMILES string of the molecule is Cc1c(C(=O)NCC(O)c2ccc(C(C)C)cc2)oc2ccccc12. The van der Waals surface area contributed by atoms with Crippen LogP contribution in [0.3, 0.4) is 0 Å². The molecule has 0 aliphatic rings. The molecule has 0 aliphatic carbocycles. The van der Waals surface area contributed by atoms with E-state index >= 15 is 0 Å². The molecule has 1 unspecified atom stereocenters. The van der Waals surface area contributed by atoms with Gasteiger partial charge < -0.3 is 14.8 Å². The molecule has 3 rings (SSSR count). The van der Waals surface area contributed by atoms with E-state index in [0.29, 0.717) is 17.3 Å². The molecule has 2 N–H and O–H groups in total. The minimum Gasteiger partial charge on any atom is -0.451 e. The van der Waals surface area contributed by atoms with Gasteiger partial charge in [0.15, 0.2) is 5.76 Å². The first kappa shape index (κ1) is 17.2. The van der Waals surface area contributed by atoms with E-state index in [1.165, 1.54) is 5.56 Å². The predicted octanol–water partition coefficient (Wildman–Crippen LogP) is 4.33. The Labute approximate surface area is 147 Å². The number of aliphatic hydroxyl groups excluding tert-OH is 1. The lowest BCUT2D eigenvalue weighted by Crippen LogP contribution is -2.28. The molecule has 0 spiro atoms. The van der Waals surface area contributed by atoms with E-state index in [0.717, 1.165) is 16.5 Å². The number of hydrogen-bond acceptors (Lipinski definition) is 3. The Hall–Kier alpha value is -2.59. The van der Waals surface area contributed by atoms with Crippen LogP contribution in [0.1, 0.15) is 53.1 Å². The number of fused-ring (bicyclic) bond motifs is 1. The fourth-order valence-electron chi connectivity index (χ4n) is 2.88. The zero-order valence-corrected chi connectivity index (χ0v) is 14.7. The molecule has 1 heterocycles. The van der Waals surface area contributed by atoms with Gasteiger partial charge in [-0.15, -0.1) is 0 Å². The Balaban J connectivity index is 1.67. The Morgan fingerprint density at radius 3 is 2.36 bits per heavy atom. The van der Waals surface area contributed by atoms with E-state index in [4.69, 9.17) is 4.42 Å². The number of carbonyl (C=O) groups excluding carboxylic acids is 1. The molecule has 4 nitrogen and oxygen atoms in total. The second-order valence-electron chi connectivity index (χ2n) is 6.60. The Morgan fingerprint density at radius 1 is 1.08 bits per heavy atom. The van der Waals surface area contributed by atoms with Crippen LogP contribution in [0.5, 0.6) is 0 Å². The summed E-state index contributed by atoms with van der Waals surface area (Å²) in [6.07, 6.45) is -0.755. The third-order valence-corrected chi connectivity index (χ3v) is 4.49. The van der Waals surface area contributed by atoms with Gasteiger partial charge >= 0.3 is 0 Å². The Kier molecular flexibility index (Phi) is 4.91. The van der Waals surface area contributed by atoms with Gasteiger partial charge in [0, 0.05) is 17.5 Å². The number of hydrogen-bond donors (Lipinski definition) is 2. The van der Waals surface area contributed by atoms with Crippen LogP contribution in [0.25, 0.3) is 11.0 Å². The van der Waals surface area contributed by atoms with E-state index < -0.39 is 6.10 Å². The number of para-hydroxylation sites is 1. The van der Waals surface area contributed by atoms with Gasteiger partial charge in [-0.2, -0.15) is 0 Å². The summed E-state index contributed by atoms with van der Waals surface area (Å²) < 4.78 is 5.65. The predicted molar refractivity (Wildman–Crippen MR) is 98.8 cm³/mol. The average Bonchev–Trinajstić information content (AvgIpc) is 2.96. The zero-order valence-electron chi connectivity index (χ0n) is 14.7. The van der Waals surface area contributed by atoms with Gasteiger partial charge in [0.25, 0.3) is 5.91 Å². The van der Waals surface area contributed by atoms with E-state index in [1.807, 2.05) is 55.5 Å². The summed E-state index contributed by atoms with van der Waals surface area (Å²) in [5.74, 6) is 0.428. The number of benzene rings is 2. The number of furan rings is 1. The number of carbonyl (C=O) groups is 1. The van der Waals surface area contributed by atoms with Gasteiger partial charge in [0.2, 0.25) is 0 Å². The molecule has 1 atom stereocenters. The minimum absolute atomic E-state index is 0.135. The highest BCUT2D eigenvalue weighted by molar-refractivity contribution is 5.98. The van der Waals surface area contributed by atoms with E-state index in [2.05, 4.69) is 19.2 Å². The Bertz CT molecular complexity index is 878. The van der Waals surface area contributed by atoms with Crippen LogP contribution < -0.4 is 5.32 Å². The van der Waals surface area contributed by atoms with Crippen molar-refractivity contribution >= 4 is 16.9 Å². The van der Waals surface area contributed by atoms with Crippen molar-refractivity contribution < 1.29 is 14.3 Å². The van der Waals surface area contributed by atoms with Crippen LogP contribution in [0, 0.1) is 6.92 Å². The van der Waals surface area contributed by atoms with Crippen LogP contribution in [0.15, 0.2) is 52.9 Å².